The van der Waals surface area contributed by atoms with Gasteiger partial charge in [0.15, 0.2) is 11.5 Å². The van der Waals surface area contributed by atoms with E-state index in [1.54, 1.807) is 12.1 Å². The van der Waals surface area contributed by atoms with Crippen molar-refractivity contribution in [2.75, 3.05) is 6.61 Å². The first kappa shape index (κ1) is 11.0. The molecule has 1 aromatic carbocycles. The van der Waals surface area contributed by atoms with Crippen LogP contribution in [0.4, 0.5) is 0 Å². The molecule has 0 saturated carbocycles. The maximum Gasteiger partial charge on any atom is 0.172 e. The van der Waals surface area contributed by atoms with Gasteiger partial charge < -0.3 is 14.6 Å². The monoisotopic (exact) mass is 258 g/mol. The Labute approximate surface area is 90.8 Å². The number of hydrogen-bond donors (Lipinski definition) is 1. The average molecular weight is 259 g/mol. The Kier molecular flexibility index (Phi) is 3.95. The van der Waals surface area contributed by atoms with Crippen molar-refractivity contribution in [3.63, 3.8) is 0 Å². The molecular formula is C10H11BrO3. The summed E-state index contributed by atoms with van der Waals surface area (Å²) in [4.78, 5) is 10.3. The van der Waals surface area contributed by atoms with Crippen LogP contribution in [0.15, 0.2) is 16.6 Å². The summed E-state index contributed by atoms with van der Waals surface area (Å²) in [6.07, 6.45) is 1.13. The third-order valence-corrected chi connectivity index (χ3v) is 2.31. The lowest BCUT2D eigenvalue weighted by atomic mass is 10.1. The quantitative estimate of drug-likeness (QED) is 0.844. The van der Waals surface area contributed by atoms with Gasteiger partial charge in [-0.05, 0) is 40.5 Å². The number of hydrogen-bond acceptors (Lipinski definition) is 3. The molecule has 0 spiro atoms. The number of phenolic OH excluding ortho intramolecular Hbond substituents is 1. The summed E-state index contributed by atoms with van der Waals surface area (Å²) in [7, 11) is 0. The van der Waals surface area contributed by atoms with Crippen LogP contribution in [0.1, 0.15) is 12.5 Å². The van der Waals surface area contributed by atoms with Crippen molar-refractivity contribution in [1.82, 2.24) is 0 Å². The van der Waals surface area contributed by atoms with Crippen LogP contribution in [0.3, 0.4) is 0 Å². The molecule has 0 unspecified atom stereocenters. The SMILES string of the molecule is CCOc1cc(CC=O)cc(Br)c1O. The zero-order chi connectivity index (χ0) is 10.6. The van der Waals surface area contributed by atoms with E-state index in [0.717, 1.165) is 11.8 Å². The van der Waals surface area contributed by atoms with E-state index in [1.807, 2.05) is 6.92 Å². The highest BCUT2D eigenvalue weighted by Crippen LogP contribution is 2.35. The standard InChI is InChI=1S/C10H11BrO3/c1-2-14-9-6-7(3-4-12)5-8(11)10(9)13/h4-6,13H,2-3H2,1H3. The van der Waals surface area contributed by atoms with Crippen molar-refractivity contribution in [3.8, 4) is 11.5 Å². The third kappa shape index (κ3) is 2.48. The first-order valence-corrected chi connectivity index (χ1v) is 5.06. The second kappa shape index (κ2) is 5.00. The van der Waals surface area contributed by atoms with Crippen LogP contribution in [0, 0.1) is 0 Å². The summed E-state index contributed by atoms with van der Waals surface area (Å²) < 4.78 is 5.75. The van der Waals surface area contributed by atoms with E-state index in [1.165, 1.54) is 0 Å². The van der Waals surface area contributed by atoms with Gasteiger partial charge in [-0.15, -0.1) is 0 Å². The third-order valence-electron chi connectivity index (χ3n) is 1.71. The van der Waals surface area contributed by atoms with E-state index >= 15 is 0 Å². The minimum atomic E-state index is 0.0708. The summed E-state index contributed by atoms with van der Waals surface area (Å²) in [5.74, 6) is 0.472. The van der Waals surface area contributed by atoms with E-state index in [0.29, 0.717) is 23.2 Å². The minimum Gasteiger partial charge on any atom is -0.503 e. The molecule has 0 aliphatic heterocycles. The zero-order valence-corrected chi connectivity index (χ0v) is 9.37. The number of carbonyl (C=O) groups excluding carboxylic acids is 1. The van der Waals surface area contributed by atoms with Crippen LogP contribution in [0.25, 0.3) is 0 Å². The number of aromatic hydroxyl groups is 1. The first-order chi connectivity index (χ1) is 6.69. The molecule has 0 aliphatic carbocycles. The van der Waals surface area contributed by atoms with Gasteiger partial charge in [-0.3, -0.25) is 0 Å². The highest BCUT2D eigenvalue weighted by atomic mass is 79.9. The summed E-state index contributed by atoms with van der Waals surface area (Å²) in [5.41, 5.74) is 0.813. The molecule has 0 fully saturated rings. The van der Waals surface area contributed by atoms with Gasteiger partial charge in [-0.1, -0.05) is 0 Å². The van der Waals surface area contributed by atoms with E-state index in [9.17, 15) is 9.90 Å². The maximum absolute atomic E-state index is 10.3. The molecule has 0 aliphatic rings. The topological polar surface area (TPSA) is 46.5 Å². The summed E-state index contributed by atoms with van der Waals surface area (Å²) in [6, 6.07) is 3.37. The van der Waals surface area contributed by atoms with Gasteiger partial charge in [0.05, 0.1) is 11.1 Å². The Balaban J connectivity index is 3.06. The summed E-state index contributed by atoms with van der Waals surface area (Å²) >= 11 is 3.19. The molecule has 1 N–H and O–H groups in total. The highest BCUT2D eigenvalue weighted by molar-refractivity contribution is 9.10. The number of carbonyl (C=O) groups is 1. The lowest BCUT2D eigenvalue weighted by Gasteiger charge is -2.08. The van der Waals surface area contributed by atoms with Gasteiger partial charge >= 0.3 is 0 Å². The molecule has 0 saturated heterocycles. The Morgan fingerprint density at radius 2 is 2.29 bits per heavy atom. The van der Waals surface area contributed by atoms with Crippen molar-refractivity contribution in [3.05, 3.63) is 22.2 Å². The fourth-order valence-electron chi connectivity index (χ4n) is 1.11. The van der Waals surface area contributed by atoms with E-state index in [-0.39, 0.29) is 5.75 Å². The van der Waals surface area contributed by atoms with Crippen LogP contribution in [0.5, 0.6) is 11.5 Å². The van der Waals surface area contributed by atoms with E-state index in [2.05, 4.69) is 15.9 Å². The van der Waals surface area contributed by atoms with Gasteiger partial charge in [0.1, 0.15) is 6.29 Å². The van der Waals surface area contributed by atoms with Crippen molar-refractivity contribution in [1.29, 1.82) is 0 Å². The molecular weight excluding hydrogens is 248 g/mol. The molecule has 0 amide bonds. The van der Waals surface area contributed by atoms with E-state index < -0.39 is 0 Å². The summed E-state index contributed by atoms with van der Waals surface area (Å²) in [6.45, 7) is 2.31. The Morgan fingerprint density at radius 3 is 2.86 bits per heavy atom. The van der Waals surface area contributed by atoms with Crippen LogP contribution < -0.4 is 4.74 Å². The molecule has 0 aromatic heterocycles. The lowest BCUT2D eigenvalue weighted by Crippen LogP contribution is -1.94. The fourth-order valence-corrected chi connectivity index (χ4v) is 1.60. The Morgan fingerprint density at radius 1 is 1.57 bits per heavy atom. The Bertz CT molecular complexity index is 336. The van der Waals surface area contributed by atoms with Gasteiger partial charge in [0.2, 0.25) is 0 Å². The van der Waals surface area contributed by atoms with Crippen LogP contribution in [0.2, 0.25) is 0 Å². The minimum absolute atomic E-state index is 0.0708. The number of halogens is 1. The smallest absolute Gasteiger partial charge is 0.172 e. The van der Waals surface area contributed by atoms with Crippen LogP contribution in [-0.4, -0.2) is 18.0 Å². The number of aldehydes is 1. The molecule has 0 bridgehead atoms. The van der Waals surface area contributed by atoms with Crippen LogP contribution in [-0.2, 0) is 11.2 Å². The molecule has 14 heavy (non-hydrogen) atoms. The molecule has 1 aromatic rings. The molecule has 4 heteroatoms. The van der Waals surface area contributed by atoms with Gasteiger partial charge in [-0.2, -0.15) is 0 Å². The molecule has 0 radical (unpaired) electrons. The number of phenols is 1. The predicted molar refractivity (Wildman–Crippen MR) is 56.7 cm³/mol. The second-order valence-electron chi connectivity index (χ2n) is 2.73. The normalized spacial score (nSPS) is 9.86. The molecule has 3 nitrogen and oxygen atoms in total. The van der Waals surface area contributed by atoms with Gasteiger partial charge in [0.25, 0.3) is 0 Å². The van der Waals surface area contributed by atoms with E-state index in [4.69, 9.17) is 4.74 Å². The molecule has 1 rings (SSSR count). The lowest BCUT2D eigenvalue weighted by molar-refractivity contribution is -0.107. The van der Waals surface area contributed by atoms with Gasteiger partial charge in [0, 0.05) is 6.42 Å². The summed E-state index contributed by atoms with van der Waals surface area (Å²) in [5, 5.41) is 9.56. The second-order valence-corrected chi connectivity index (χ2v) is 3.58. The first-order valence-electron chi connectivity index (χ1n) is 4.26. The average Bonchev–Trinajstić information content (AvgIpc) is 2.14. The van der Waals surface area contributed by atoms with Crippen molar-refractivity contribution >= 4 is 22.2 Å². The van der Waals surface area contributed by atoms with Crippen molar-refractivity contribution < 1.29 is 14.6 Å². The molecule has 0 atom stereocenters. The zero-order valence-electron chi connectivity index (χ0n) is 7.79. The highest BCUT2D eigenvalue weighted by Gasteiger charge is 2.08. The van der Waals surface area contributed by atoms with Gasteiger partial charge in [-0.25, -0.2) is 0 Å². The fraction of sp³-hybridized carbons (Fsp3) is 0.300. The van der Waals surface area contributed by atoms with Crippen molar-refractivity contribution in [2.45, 2.75) is 13.3 Å². The maximum atomic E-state index is 10.3. The number of benzene rings is 1. The predicted octanol–water partition coefficient (Wildman–Crippen LogP) is 2.29. The molecule has 76 valence electrons. The Hall–Kier alpha value is -1.03. The number of ether oxygens (including phenoxy) is 1. The van der Waals surface area contributed by atoms with Crippen molar-refractivity contribution in [2.24, 2.45) is 0 Å². The van der Waals surface area contributed by atoms with Crippen LogP contribution >= 0.6 is 15.9 Å². The molecule has 0 heterocycles. The largest absolute Gasteiger partial charge is 0.503 e. The number of rotatable bonds is 4.